The van der Waals surface area contributed by atoms with Gasteiger partial charge in [-0.25, -0.2) is 4.79 Å². The second-order valence-corrected chi connectivity index (χ2v) is 8.97. The molecule has 9 heteroatoms. The summed E-state index contributed by atoms with van der Waals surface area (Å²) in [4.78, 5) is 50.3. The largest absolute Gasteiger partial charge is 0.465 e. The maximum absolute atomic E-state index is 12.6. The smallest absolute Gasteiger partial charge is 0.337 e. The lowest BCUT2D eigenvalue weighted by Gasteiger charge is -2.17. The molecule has 3 aromatic rings. The number of nitrogens with one attached hydrogen (secondary N) is 1. The lowest BCUT2D eigenvalue weighted by molar-refractivity contribution is -0.151. The Morgan fingerprint density at radius 2 is 1.61 bits per heavy atom. The highest BCUT2D eigenvalue weighted by Crippen LogP contribution is 2.29. The molecule has 0 unspecified atom stereocenters. The third kappa shape index (κ3) is 6.36. The Bertz CT molecular complexity index is 1350. The van der Waals surface area contributed by atoms with Crippen molar-refractivity contribution in [3.8, 4) is 11.5 Å². The van der Waals surface area contributed by atoms with Crippen molar-refractivity contribution >= 4 is 35.1 Å². The SMILES string of the molecule is COC(=O)c1ccc(NC(=O)COC(=O)[C@H]2CC(=O)N(c3ccc(Oc4ccc(C)c(C)c4)cc3)C2)cc1. The molecule has 196 valence electrons. The number of hydrogen-bond acceptors (Lipinski definition) is 7. The predicted octanol–water partition coefficient (Wildman–Crippen LogP) is 4.42. The topological polar surface area (TPSA) is 111 Å². The van der Waals surface area contributed by atoms with Crippen LogP contribution in [0.5, 0.6) is 11.5 Å². The van der Waals surface area contributed by atoms with Gasteiger partial charge in [0.1, 0.15) is 11.5 Å². The van der Waals surface area contributed by atoms with E-state index < -0.39 is 30.4 Å². The molecule has 0 saturated carbocycles. The fourth-order valence-electron chi connectivity index (χ4n) is 3.98. The zero-order chi connectivity index (χ0) is 27.2. The Morgan fingerprint density at radius 3 is 2.26 bits per heavy atom. The van der Waals surface area contributed by atoms with E-state index in [1.165, 1.54) is 41.8 Å². The zero-order valence-electron chi connectivity index (χ0n) is 21.4. The molecular weight excluding hydrogens is 488 g/mol. The summed E-state index contributed by atoms with van der Waals surface area (Å²) in [6, 6.07) is 19.0. The van der Waals surface area contributed by atoms with E-state index in [2.05, 4.69) is 10.1 Å². The monoisotopic (exact) mass is 516 g/mol. The molecule has 0 radical (unpaired) electrons. The number of rotatable bonds is 8. The summed E-state index contributed by atoms with van der Waals surface area (Å²) >= 11 is 0. The van der Waals surface area contributed by atoms with Gasteiger partial charge in [-0.3, -0.25) is 14.4 Å². The van der Waals surface area contributed by atoms with E-state index >= 15 is 0 Å². The summed E-state index contributed by atoms with van der Waals surface area (Å²) in [5.74, 6) is -1.17. The van der Waals surface area contributed by atoms with Crippen LogP contribution in [0.2, 0.25) is 0 Å². The number of methoxy groups -OCH3 is 1. The molecule has 3 aromatic carbocycles. The molecule has 0 aromatic heterocycles. The van der Waals surface area contributed by atoms with Crippen LogP contribution < -0.4 is 15.0 Å². The first-order valence-corrected chi connectivity index (χ1v) is 12.0. The summed E-state index contributed by atoms with van der Waals surface area (Å²) < 4.78 is 15.7. The molecule has 38 heavy (non-hydrogen) atoms. The second-order valence-electron chi connectivity index (χ2n) is 8.97. The number of aryl methyl sites for hydroxylation is 2. The average molecular weight is 517 g/mol. The molecule has 1 aliphatic rings. The standard InChI is InChI=1S/C29H28N2O7/c1-18-4-11-25(14-19(18)2)38-24-12-9-23(10-13-24)31-16-21(15-27(31)33)29(35)37-17-26(32)30-22-7-5-20(6-8-22)28(34)36-3/h4-14,21H,15-17H2,1-3H3,(H,30,32)/t21-/m0/s1. The number of amides is 2. The van der Waals surface area contributed by atoms with E-state index in [9.17, 15) is 19.2 Å². The first-order valence-electron chi connectivity index (χ1n) is 12.0. The highest BCUT2D eigenvalue weighted by atomic mass is 16.5. The summed E-state index contributed by atoms with van der Waals surface area (Å²) in [5.41, 5.74) is 3.74. The van der Waals surface area contributed by atoms with Crippen LogP contribution in [0.1, 0.15) is 27.9 Å². The second kappa shape index (κ2) is 11.6. The summed E-state index contributed by atoms with van der Waals surface area (Å²) in [5, 5.41) is 2.59. The van der Waals surface area contributed by atoms with Crippen LogP contribution in [-0.4, -0.2) is 44.0 Å². The minimum Gasteiger partial charge on any atom is -0.465 e. The minimum absolute atomic E-state index is 0.00363. The van der Waals surface area contributed by atoms with Crippen molar-refractivity contribution in [3.05, 3.63) is 83.4 Å². The van der Waals surface area contributed by atoms with Crippen molar-refractivity contribution in [2.75, 3.05) is 30.5 Å². The van der Waals surface area contributed by atoms with Gasteiger partial charge in [-0.1, -0.05) is 6.07 Å². The fourth-order valence-corrected chi connectivity index (χ4v) is 3.98. The van der Waals surface area contributed by atoms with E-state index in [4.69, 9.17) is 9.47 Å². The number of nitrogens with zero attached hydrogens (tertiary/aromatic N) is 1. The number of hydrogen-bond donors (Lipinski definition) is 1. The van der Waals surface area contributed by atoms with Gasteiger partial charge in [-0.2, -0.15) is 0 Å². The van der Waals surface area contributed by atoms with Crippen LogP contribution >= 0.6 is 0 Å². The van der Waals surface area contributed by atoms with Gasteiger partial charge in [0.15, 0.2) is 6.61 Å². The summed E-state index contributed by atoms with van der Waals surface area (Å²) in [6.45, 7) is 3.72. The quantitative estimate of drug-likeness (QED) is 0.441. The summed E-state index contributed by atoms with van der Waals surface area (Å²) in [7, 11) is 1.28. The van der Waals surface area contributed by atoms with E-state index in [0.29, 0.717) is 22.7 Å². The van der Waals surface area contributed by atoms with Crippen LogP contribution in [-0.2, 0) is 23.9 Å². The van der Waals surface area contributed by atoms with Crippen molar-refractivity contribution in [2.45, 2.75) is 20.3 Å². The van der Waals surface area contributed by atoms with Crippen molar-refractivity contribution < 1.29 is 33.4 Å². The normalized spacial score (nSPS) is 14.7. The maximum Gasteiger partial charge on any atom is 0.337 e. The van der Waals surface area contributed by atoms with E-state index in [-0.39, 0.29) is 18.9 Å². The lowest BCUT2D eigenvalue weighted by Crippen LogP contribution is -2.28. The predicted molar refractivity (Wildman–Crippen MR) is 140 cm³/mol. The number of ether oxygens (including phenoxy) is 3. The van der Waals surface area contributed by atoms with Crippen LogP contribution in [0.3, 0.4) is 0 Å². The third-order valence-electron chi connectivity index (χ3n) is 6.26. The first-order chi connectivity index (χ1) is 18.2. The van der Waals surface area contributed by atoms with E-state index in [0.717, 1.165) is 11.3 Å². The molecule has 9 nitrogen and oxygen atoms in total. The molecule has 4 rings (SSSR count). The molecular formula is C29H28N2O7. The number of benzene rings is 3. The Labute approximate surface area is 220 Å². The molecule has 2 amide bonds. The van der Waals surface area contributed by atoms with Gasteiger partial charge in [0, 0.05) is 24.3 Å². The Kier molecular flexibility index (Phi) is 8.06. The molecule has 0 bridgehead atoms. The van der Waals surface area contributed by atoms with Crippen LogP contribution in [0.4, 0.5) is 11.4 Å². The van der Waals surface area contributed by atoms with Crippen molar-refractivity contribution in [2.24, 2.45) is 5.92 Å². The Hall–Kier alpha value is -4.66. The van der Waals surface area contributed by atoms with Crippen molar-refractivity contribution in [1.29, 1.82) is 0 Å². The molecule has 1 atom stereocenters. The van der Waals surface area contributed by atoms with Crippen molar-refractivity contribution in [1.82, 2.24) is 0 Å². The zero-order valence-corrected chi connectivity index (χ0v) is 21.4. The molecule has 1 N–H and O–H groups in total. The molecule has 1 fully saturated rings. The fraction of sp³-hybridized carbons (Fsp3) is 0.241. The van der Waals surface area contributed by atoms with Gasteiger partial charge < -0.3 is 24.4 Å². The van der Waals surface area contributed by atoms with Crippen LogP contribution in [0, 0.1) is 19.8 Å². The van der Waals surface area contributed by atoms with Gasteiger partial charge >= 0.3 is 11.9 Å². The highest BCUT2D eigenvalue weighted by Gasteiger charge is 2.36. The molecule has 0 spiro atoms. The molecule has 1 saturated heterocycles. The molecule has 1 heterocycles. The van der Waals surface area contributed by atoms with Crippen molar-refractivity contribution in [3.63, 3.8) is 0 Å². The Morgan fingerprint density at radius 1 is 0.921 bits per heavy atom. The van der Waals surface area contributed by atoms with Gasteiger partial charge in [0.25, 0.3) is 5.91 Å². The van der Waals surface area contributed by atoms with E-state index in [1.807, 2.05) is 32.0 Å². The molecule has 1 aliphatic heterocycles. The van der Waals surface area contributed by atoms with Gasteiger partial charge in [0.05, 0.1) is 18.6 Å². The first kappa shape index (κ1) is 26.4. The Balaban J connectivity index is 1.27. The molecule has 0 aliphatic carbocycles. The maximum atomic E-state index is 12.6. The summed E-state index contributed by atoms with van der Waals surface area (Å²) in [6.07, 6.45) is -0.00363. The van der Waals surface area contributed by atoms with Gasteiger partial charge in [0.2, 0.25) is 5.91 Å². The lowest BCUT2D eigenvalue weighted by atomic mass is 10.1. The third-order valence-corrected chi connectivity index (χ3v) is 6.26. The number of esters is 2. The highest BCUT2D eigenvalue weighted by molar-refractivity contribution is 6.00. The van der Waals surface area contributed by atoms with E-state index in [1.54, 1.807) is 24.3 Å². The van der Waals surface area contributed by atoms with Gasteiger partial charge in [-0.05, 0) is 85.6 Å². The number of carbonyl (C=O) groups is 4. The minimum atomic E-state index is -0.680. The van der Waals surface area contributed by atoms with Crippen LogP contribution in [0.25, 0.3) is 0 Å². The van der Waals surface area contributed by atoms with Crippen LogP contribution in [0.15, 0.2) is 66.7 Å². The number of anilines is 2. The number of carbonyl (C=O) groups excluding carboxylic acids is 4. The van der Waals surface area contributed by atoms with Gasteiger partial charge in [-0.15, -0.1) is 0 Å². The average Bonchev–Trinajstić information content (AvgIpc) is 3.31.